The molecule has 3 fully saturated rings. The second-order valence-electron chi connectivity index (χ2n) is 7.49. The van der Waals surface area contributed by atoms with Gasteiger partial charge in [-0.2, -0.15) is 0 Å². The summed E-state index contributed by atoms with van der Waals surface area (Å²) in [7, 11) is 0. The molecule has 2 aromatic rings. The zero-order valence-corrected chi connectivity index (χ0v) is 14.4. The summed E-state index contributed by atoms with van der Waals surface area (Å²) < 4.78 is 11.5. The van der Waals surface area contributed by atoms with Crippen LogP contribution in [-0.2, 0) is 11.3 Å². The molecule has 5 rings (SSSR count). The lowest BCUT2D eigenvalue weighted by atomic mass is 10.0. The second-order valence-corrected chi connectivity index (χ2v) is 7.49. The van der Waals surface area contributed by atoms with Gasteiger partial charge in [0.05, 0.1) is 19.8 Å². The van der Waals surface area contributed by atoms with Crippen molar-refractivity contribution in [2.45, 2.75) is 31.5 Å². The fourth-order valence-corrected chi connectivity index (χ4v) is 4.23. The minimum atomic E-state index is 0.522. The van der Waals surface area contributed by atoms with Crippen molar-refractivity contribution in [3.63, 3.8) is 0 Å². The number of hydrogen-bond donors (Lipinski definition) is 0. The molecule has 2 aliphatic heterocycles. The molecule has 6 nitrogen and oxygen atoms in total. The minimum Gasteiger partial charge on any atom is -0.378 e. The van der Waals surface area contributed by atoms with E-state index in [9.17, 15) is 0 Å². The van der Waals surface area contributed by atoms with E-state index in [1.807, 2.05) is 24.4 Å². The Morgan fingerprint density at radius 3 is 3.00 bits per heavy atom. The lowest BCUT2D eigenvalue weighted by Gasteiger charge is -2.48. The van der Waals surface area contributed by atoms with Gasteiger partial charge in [0.2, 0.25) is 0 Å². The highest BCUT2D eigenvalue weighted by Crippen LogP contribution is 2.38. The molecule has 4 heterocycles. The van der Waals surface area contributed by atoms with Crippen LogP contribution in [-0.4, -0.2) is 64.9 Å². The van der Waals surface area contributed by atoms with Gasteiger partial charge in [-0.3, -0.25) is 14.8 Å². The molecule has 3 aliphatic rings. The third kappa shape index (κ3) is 3.21. The Bertz CT molecular complexity index is 715. The lowest BCUT2D eigenvalue weighted by molar-refractivity contribution is -0.0887. The zero-order valence-electron chi connectivity index (χ0n) is 14.4. The highest BCUT2D eigenvalue weighted by molar-refractivity contribution is 5.57. The van der Waals surface area contributed by atoms with Crippen LogP contribution >= 0.6 is 0 Å². The number of nitrogens with zero attached hydrogens (tertiary/aromatic N) is 4. The van der Waals surface area contributed by atoms with Crippen molar-refractivity contribution in [1.82, 2.24) is 19.9 Å². The summed E-state index contributed by atoms with van der Waals surface area (Å²) in [4.78, 5) is 9.32. The van der Waals surface area contributed by atoms with Crippen LogP contribution in [0.5, 0.6) is 0 Å². The molecule has 0 bridgehead atoms. The Morgan fingerprint density at radius 2 is 2.16 bits per heavy atom. The Hall–Kier alpha value is -1.76. The first-order chi connectivity index (χ1) is 12.4. The van der Waals surface area contributed by atoms with Crippen LogP contribution in [0.15, 0.2) is 35.1 Å². The van der Waals surface area contributed by atoms with Crippen molar-refractivity contribution in [3.05, 3.63) is 36.4 Å². The van der Waals surface area contributed by atoms with Crippen LogP contribution in [0.4, 0.5) is 0 Å². The molecule has 1 aliphatic carbocycles. The third-order valence-corrected chi connectivity index (χ3v) is 5.70. The van der Waals surface area contributed by atoms with E-state index in [2.05, 4.69) is 19.9 Å². The second kappa shape index (κ2) is 6.52. The molecule has 0 spiro atoms. The highest BCUT2D eigenvalue weighted by atomic mass is 16.5. The van der Waals surface area contributed by atoms with Crippen LogP contribution < -0.4 is 0 Å². The van der Waals surface area contributed by atoms with Crippen molar-refractivity contribution < 1.29 is 9.26 Å². The number of rotatable bonds is 4. The Morgan fingerprint density at radius 1 is 1.20 bits per heavy atom. The maximum absolute atomic E-state index is 5.90. The van der Waals surface area contributed by atoms with Crippen LogP contribution in [0.25, 0.3) is 11.3 Å². The highest BCUT2D eigenvalue weighted by Gasteiger charge is 2.42. The van der Waals surface area contributed by atoms with Crippen molar-refractivity contribution in [2.24, 2.45) is 5.92 Å². The van der Waals surface area contributed by atoms with E-state index in [0.29, 0.717) is 12.1 Å². The number of aromatic nitrogens is 2. The van der Waals surface area contributed by atoms with Gasteiger partial charge < -0.3 is 9.26 Å². The van der Waals surface area contributed by atoms with Gasteiger partial charge in [0.25, 0.3) is 0 Å². The topological polar surface area (TPSA) is 54.6 Å². The van der Waals surface area contributed by atoms with Crippen LogP contribution in [0.3, 0.4) is 0 Å². The Kier molecular flexibility index (Phi) is 4.04. The zero-order chi connectivity index (χ0) is 16.6. The molecule has 2 aromatic heterocycles. The summed E-state index contributed by atoms with van der Waals surface area (Å²) in [6.45, 7) is 5.87. The van der Waals surface area contributed by atoms with E-state index in [-0.39, 0.29) is 0 Å². The molecule has 0 unspecified atom stereocenters. The molecular weight excluding hydrogens is 316 g/mol. The third-order valence-electron chi connectivity index (χ3n) is 5.70. The first-order valence-corrected chi connectivity index (χ1v) is 9.28. The van der Waals surface area contributed by atoms with E-state index in [0.717, 1.165) is 62.3 Å². The summed E-state index contributed by atoms with van der Waals surface area (Å²) in [5.74, 6) is 1.80. The fourth-order valence-electron chi connectivity index (χ4n) is 4.23. The van der Waals surface area contributed by atoms with Crippen LogP contribution in [0.2, 0.25) is 0 Å². The van der Waals surface area contributed by atoms with Gasteiger partial charge >= 0.3 is 0 Å². The van der Waals surface area contributed by atoms with E-state index in [1.54, 1.807) is 6.20 Å². The van der Waals surface area contributed by atoms with Gasteiger partial charge in [0.15, 0.2) is 5.76 Å². The van der Waals surface area contributed by atoms with Crippen LogP contribution in [0.1, 0.15) is 18.6 Å². The van der Waals surface area contributed by atoms with Crippen LogP contribution in [0, 0.1) is 5.92 Å². The summed E-state index contributed by atoms with van der Waals surface area (Å²) in [6.07, 6.45) is 6.36. The molecule has 2 saturated heterocycles. The molecule has 0 radical (unpaired) electrons. The molecule has 2 atom stereocenters. The first-order valence-electron chi connectivity index (χ1n) is 9.28. The number of ether oxygens (including phenoxy) is 1. The van der Waals surface area contributed by atoms with Crippen molar-refractivity contribution in [1.29, 1.82) is 0 Å². The monoisotopic (exact) mass is 340 g/mol. The SMILES string of the molecule is c1cncc(-c2cc(CN3CCN4[C@@H](COC[C@@H]4C4CC4)C3)on2)c1. The minimum absolute atomic E-state index is 0.522. The summed E-state index contributed by atoms with van der Waals surface area (Å²) in [5, 5.41) is 4.20. The predicted molar refractivity (Wildman–Crippen MR) is 92.8 cm³/mol. The van der Waals surface area contributed by atoms with Gasteiger partial charge in [-0.15, -0.1) is 0 Å². The number of morpholine rings is 1. The summed E-state index contributed by atoms with van der Waals surface area (Å²) in [6, 6.07) is 7.14. The molecule has 6 heteroatoms. The lowest BCUT2D eigenvalue weighted by Crippen LogP contribution is -2.62. The molecule has 0 N–H and O–H groups in total. The molecular formula is C19H24N4O2. The Balaban J connectivity index is 1.23. The number of pyridine rings is 1. The smallest absolute Gasteiger partial charge is 0.151 e. The number of fused-ring (bicyclic) bond motifs is 1. The summed E-state index contributed by atoms with van der Waals surface area (Å²) in [5.41, 5.74) is 1.85. The fraction of sp³-hybridized carbons (Fsp3) is 0.579. The molecule has 0 aromatic carbocycles. The molecule has 1 saturated carbocycles. The van der Waals surface area contributed by atoms with E-state index in [4.69, 9.17) is 9.26 Å². The van der Waals surface area contributed by atoms with Crippen molar-refractivity contribution in [2.75, 3.05) is 32.8 Å². The molecule has 132 valence electrons. The normalized spacial score (nSPS) is 28.0. The maximum atomic E-state index is 5.90. The van der Waals surface area contributed by atoms with Crippen molar-refractivity contribution in [3.8, 4) is 11.3 Å². The van der Waals surface area contributed by atoms with Gasteiger partial charge in [-0.05, 0) is 30.9 Å². The van der Waals surface area contributed by atoms with Gasteiger partial charge in [0.1, 0.15) is 5.69 Å². The standard InChI is InChI=1S/C19H24N4O2/c1-2-15(9-20-5-1)18-8-17(25-21-18)11-22-6-7-23-16(10-22)12-24-13-19(23)14-3-4-14/h1-2,5,8-9,14,16,19H,3-4,6-7,10-13H2/t16-,19-/m1/s1. The quantitative estimate of drug-likeness (QED) is 0.849. The largest absolute Gasteiger partial charge is 0.378 e. The van der Waals surface area contributed by atoms with E-state index in [1.165, 1.54) is 12.8 Å². The first kappa shape index (κ1) is 15.5. The number of hydrogen-bond acceptors (Lipinski definition) is 6. The van der Waals surface area contributed by atoms with Gasteiger partial charge in [0, 0.05) is 55.7 Å². The average molecular weight is 340 g/mol. The predicted octanol–water partition coefficient (Wildman–Crippen LogP) is 2.03. The van der Waals surface area contributed by atoms with Gasteiger partial charge in [-0.25, -0.2) is 0 Å². The maximum Gasteiger partial charge on any atom is 0.151 e. The molecule has 0 amide bonds. The van der Waals surface area contributed by atoms with E-state index >= 15 is 0 Å². The molecule has 25 heavy (non-hydrogen) atoms. The Labute approximate surface area is 147 Å². The van der Waals surface area contributed by atoms with E-state index < -0.39 is 0 Å². The summed E-state index contributed by atoms with van der Waals surface area (Å²) >= 11 is 0. The number of piperazine rings is 1. The van der Waals surface area contributed by atoms with Gasteiger partial charge in [-0.1, -0.05) is 5.16 Å². The van der Waals surface area contributed by atoms with Crippen molar-refractivity contribution >= 4 is 0 Å². The average Bonchev–Trinajstić information content (AvgIpc) is 3.41.